The van der Waals surface area contributed by atoms with Crippen LogP contribution in [-0.4, -0.2) is 32.2 Å². The molecule has 0 bridgehead atoms. The minimum atomic E-state index is -3.78. The van der Waals surface area contributed by atoms with Gasteiger partial charge in [0.2, 0.25) is 15.9 Å². The Labute approximate surface area is 158 Å². The first kappa shape index (κ1) is 20.3. The minimum Gasteiger partial charge on any atom is -0.491 e. The van der Waals surface area contributed by atoms with Gasteiger partial charge in [-0.25, -0.2) is 8.42 Å². The number of ether oxygens (including phenoxy) is 1. The number of sulfonamides is 1. The third-order valence-electron chi connectivity index (χ3n) is 3.35. The van der Waals surface area contributed by atoms with Crippen LogP contribution in [-0.2, 0) is 21.2 Å². The zero-order valence-electron chi connectivity index (χ0n) is 15.1. The number of benzene rings is 1. The van der Waals surface area contributed by atoms with Gasteiger partial charge in [-0.05, 0) is 73.8 Å². The summed E-state index contributed by atoms with van der Waals surface area (Å²) in [7, 11) is -3.78. The molecule has 0 aliphatic heterocycles. The summed E-state index contributed by atoms with van der Waals surface area (Å²) in [5.41, 5.74) is 1.51. The lowest BCUT2D eigenvalue weighted by Crippen LogP contribution is -2.39. The molecule has 26 heavy (non-hydrogen) atoms. The molecule has 1 amide bonds. The van der Waals surface area contributed by atoms with E-state index in [2.05, 4.69) is 10.0 Å². The van der Waals surface area contributed by atoms with E-state index in [0.717, 1.165) is 5.56 Å². The van der Waals surface area contributed by atoms with E-state index in [0.29, 0.717) is 17.9 Å². The second-order valence-electron chi connectivity index (χ2n) is 6.36. The number of carbonyl (C=O) groups excluding carboxylic acids is 1. The molecule has 0 fully saturated rings. The highest BCUT2D eigenvalue weighted by atomic mass is 32.2. The van der Waals surface area contributed by atoms with Gasteiger partial charge in [0.15, 0.2) is 0 Å². The van der Waals surface area contributed by atoms with E-state index >= 15 is 0 Å². The molecule has 0 aliphatic carbocycles. The van der Waals surface area contributed by atoms with E-state index in [1.165, 1.54) is 0 Å². The number of hydrogen-bond donors (Lipinski definition) is 2. The maximum absolute atomic E-state index is 12.2. The molecule has 0 aliphatic rings. The van der Waals surface area contributed by atoms with Crippen molar-refractivity contribution in [2.24, 2.45) is 0 Å². The van der Waals surface area contributed by atoms with Crippen molar-refractivity contribution >= 4 is 33.0 Å². The Balaban J connectivity index is 1.86. The fourth-order valence-corrected chi connectivity index (χ4v) is 4.07. The van der Waals surface area contributed by atoms with Crippen LogP contribution in [0.1, 0.15) is 26.3 Å². The van der Waals surface area contributed by atoms with Gasteiger partial charge in [-0.1, -0.05) is 0 Å². The summed E-state index contributed by atoms with van der Waals surface area (Å²) in [6, 6.07) is 8.42. The second kappa shape index (κ2) is 9.05. The number of rotatable bonds is 9. The van der Waals surface area contributed by atoms with E-state index in [4.69, 9.17) is 4.74 Å². The van der Waals surface area contributed by atoms with E-state index < -0.39 is 21.7 Å². The molecule has 6 nitrogen and oxygen atoms in total. The molecule has 1 heterocycles. The third kappa shape index (κ3) is 7.05. The minimum absolute atomic E-state index is 0.0392. The standard InChI is InChI=1S/C18H24N2O4S2/c1-13(2)24-17-6-4-16(5-7-17)20-26(22,23)12-18(21)19-14(3)10-15-8-9-25-11-15/h4-9,11,13-14,20H,10,12H2,1-3H3,(H,19,21). The average molecular weight is 397 g/mol. The summed E-state index contributed by atoms with van der Waals surface area (Å²) in [5.74, 6) is -0.492. The second-order valence-corrected chi connectivity index (χ2v) is 8.86. The molecule has 1 aromatic carbocycles. The van der Waals surface area contributed by atoms with Gasteiger partial charge in [0.1, 0.15) is 11.5 Å². The van der Waals surface area contributed by atoms with Gasteiger partial charge >= 0.3 is 0 Å². The molecule has 0 radical (unpaired) electrons. The number of hydrogen-bond acceptors (Lipinski definition) is 5. The fourth-order valence-electron chi connectivity index (χ4n) is 2.39. The molecule has 2 rings (SSSR count). The topological polar surface area (TPSA) is 84.5 Å². The summed E-state index contributed by atoms with van der Waals surface area (Å²) in [5, 5.41) is 6.69. The van der Waals surface area contributed by atoms with Crippen LogP contribution in [0.25, 0.3) is 0 Å². The largest absolute Gasteiger partial charge is 0.491 e. The lowest BCUT2D eigenvalue weighted by atomic mass is 10.1. The van der Waals surface area contributed by atoms with Gasteiger partial charge in [0.25, 0.3) is 0 Å². The van der Waals surface area contributed by atoms with Gasteiger partial charge < -0.3 is 10.1 Å². The Bertz CT molecular complexity index is 800. The Morgan fingerprint density at radius 1 is 1.15 bits per heavy atom. The molecule has 1 aromatic heterocycles. The molecule has 1 unspecified atom stereocenters. The van der Waals surface area contributed by atoms with Crippen LogP contribution in [0.5, 0.6) is 5.75 Å². The number of amides is 1. The van der Waals surface area contributed by atoms with Crippen molar-refractivity contribution in [3.8, 4) is 5.75 Å². The van der Waals surface area contributed by atoms with Crippen molar-refractivity contribution in [3.05, 3.63) is 46.7 Å². The van der Waals surface area contributed by atoms with Gasteiger partial charge in [-0.2, -0.15) is 11.3 Å². The summed E-state index contributed by atoms with van der Waals surface area (Å²) in [6.45, 7) is 5.67. The van der Waals surface area contributed by atoms with E-state index in [1.54, 1.807) is 35.6 Å². The summed E-state index contributed by atoms with van der Waals surface area (Å²) in [6.07, 6.45) is 0.706. The maximum Gasteiger partial charge on any atom is 0.241 e. The van der Waals surface area contributed by atoms with E-state index in [1.807, 2.05) is 37.6 Å². The fraction of sp³-hybridized carbons (Fsp3) is 0.389. The van der Waals surface area contributed by atoms with Crippen LogP contribution < -0.4 is 14.8 Å². The normalized spacial score (nSPS) is 12.6. The Hall–Kier alpha value is -2.06. The van der Waals surface area contributed by atoms with Crippen LogP contribution in [0.3, 0.4) is 0 Å². The SMILES string of the molecule is CC(Cc1ccsc1)NC(=O)CS(=O)(=O)Nc1ccc(OC(C)C)cc1. The number of anilines is 1. The smallest absolute Gasteiger partial charge is 0.241 e. The van der Waals surface area contributed by atoms with Crippen LogP contribution >= 0.6 is 11.3 Å². The monoisotopic (exact) mass is 396 g/mol. The van der Waals surface area contributed by atoms with Crippen molar-refractivity contribution in [3.63, 3.8) is 0 Å². The first-order chi connectivity index (χ1) is 12.2. The van der Waals surface area contributed by atoms with Crippen LogP contribution in [0.2, 0.25) is 0 Å². The van der Waals surface area contributed by atoms with E-state index in [-0.39, 0.29) is 12.1 Å². The Kier molecular flexibility index (Phi) is 7.05. The summed E-state index contributed by atoms with van der Waals surface area (Å²) in [4.78, 5) is 12.0. The highest BCUT2D eigenvalue weighted by Crippen LogP contribution is 2.18. The molecule has 0 saturated heterocycles. The molecule has 0 spiro atoms. The molecular weight excluding hydrogens is 372 g/mol. The number of carbonyl (C=O) groups is 1. The van der Waals surface area contributed by atoms with E-state index in [9.17, 15) is 13.2 Å². The Morgan fingerprint density at radius 2 is 1.85 bits per heavy atom. The van der Waals surface area contributed by atoms with Gasteiger partial charge in [0, 0.05) is 11.7 Å². The lowest BCUT2D eigenvalue weighted by Gasteiger charge is -2.14. The van der Waals surface area contributed by atoms with Crippen LogP contribution in [0.15, 0.2) is 41.1 Å². The number of thiophene rings is 1. The molecule has 2 N–H and O–H groups in total. The zero-order valence-corrected chi connectivity index (χ0v) is 16.7. The first-order valence-electron chi connectivity index (χ1n) is 8.31. The molecular formula is C18H24N2O4S2. The van der Waals surface area contributed by atoms with Crippen molar-refractivity contribution in [2.75, 3.05) is 10.5 Å². The van der Waals surface area contributed by atoms with Crippen molar-refractivity contribution in [1.82, 2.24) is 5.32 Å². The van der Waals surface area contributed by atoms with Crippen molar-refractivity contribution in [2.45, 2.75) is 39.3 Å². The predicted octanol–water partition coefficient (Wildman–Crippen LogP) is 3.02. The lowest BCUT2D eigenvalue weighted by molar-refractivity contribution is -0.119. The maximum atomic E-state index is 12.2. The van der Waals surface area contributed by atoms with Crippen LogP contribution in [0.4, 0.5) is 5.69 Å². The summed E-state index contributed by atoms with van der Waals surface area (Å²) < 4.78 is 32.3. The zero-order chi connectivity index (χ0) is 19.2. The summed E-state index contributed by atoms with van der Waals surface area (Å²) >= 11 is 1.59. The van der Waals surface area contributed by atoms with Gasteiger partial charge in [-0.15, -0.1) is 0 Å². The third-order valence-corrected chi connectivity index (χ3v) is 5.27. The van der Waals surface area contributed by atoms with Crippen molar-refractivity contribution < 1.29 is 17.9 Å². The average Bonchev–Trinajstić information content (AvgIpc) is 3.00. The predicted molar refractivity (Wildman–Crippen MR) is 105 cm³/mol. The first-order valence-corrected chi connectivity index (χ1v) is 10.9. The van der Waals surface area contributed by atoms with Crippen LogP contribution in [0, 0.1) is 0 Å². The molecule has 0 saturated carbocycles. The van der Waals surface area contributed by atoms with Gasteiger partial charge in [0.05, 0.1) is 6.10 Å². The quantitative estimate of drug-likeness (QED) is 0.682. The number of nitrogens with one attached hydrogen (secondary N) is 2. The van der Waals surface area contributed by atoms with Crippen molar-refractivity contribution in [1.29, 1.82) is 0 Å². The highest BCUT2D eigenvalue weighted by Gasteiger charge is 2.18. The Morgan fingerprint density at radius 3 is 2.42 bits per heavy atom. The molecule has 142 valence electrons. The van der Waals surface area contributed by atoms with Gasteiger partial charge in [-0.3, -0.25) is 9.52 Å². The molecule has 2 aromatic rings. The molecule has 1 atom stereocenters. The highest BCUT2D eigenvalue weighted by molar-refractivity contribution is 7.93. The molecule has 8 heteroatoms.